The number of rotatable bonds is 9. The number of amides is 1. The zero-order valence-electron chi connectivity index (χ0n) is 15.7. The molecule has 1 fully saturated rings. The van der Waals surface area contributed by atoms with Crippen molar-refractivity contribution in [2.24, 2.45) is 0 Å². The molecule has 1 heterocycles. The first-order chi connectivity index (χ1) is 13.0. The van der Waals surface area contributed by atoms with Crippen molar-refractivity contribution >= 4 is 21.8 Å². The van der Waals surface area contributed by atoms with E-state index in [1.807, 2.05) is 0 Å². The van der Waals surface area contributed by atoms with Gasteiger partial charge in [-0.1, -0.05) is 0 Å². The Hall–Kier alpha value is -1.88. The Morgan fingerprint density at radius 1 is 1.22 bits per heavy atom. The van der Waals surface area contributed by atoms with E-state index in [9.17, 15) is 13.2 Å². The lowest BCUT2D eigenvalue weighted by Crippen LogP contribution is -2.41. The molecule has 10 heteroatoms. The molecule has 0 unspecified atom stereocenters. The number of sulfonamides is 1. The van der Waals surface area contributed by atoms with E-state index >= 15 is 0 Å². The second-order valence-electron chi connectivity index (χ2n) is 5.79. The average molecular weight is 401 g/mol. The summed E-state index contributed by atoms with van der Waals surface area (Å²) in [4.78, 5) is 13.9. The standard InChI is InChI=1S/C17H27N3O6S/c1-3-25-16-6-5-14(13-15(16)19-17(21)26-4-2)27(22,23)18-7-8-20-9-11-24-12-10-20/h5-6,13,18H,3-4,7-12H2,1-2H3,(H,19,21). The second-order valence-corrected chi connectivity index (χ2v) is 7.56. The van der Waals surface area contributed by atoms with Gasteiger partial charge >= 0.3 is 6.09 Å². The van der Waals surface area contributed by atoms with Gasteiger partial charge in [0.05, 0.1) is 37.0 Å². The second kappa shape index (κ2) is 10.5. The third-order valence-corrected chi connectivity index (χ3v) is 5.36. The molecule has 1 aliphatic rings. The van der Waals surface area contributed by atoms with Crippen LogP contribution in [0.1, 0.15) is 13.8 Å². The molecule has 152 valence electrons. The molecular formula is C17H27N3O6S. The van der Waals surface area contributed by atoms with Gasteiger partial charge in [-0.15, -0.1) is 0 Å². The number of nitrogens with zero attached hydrogens (tertiary/aromatic N) is 1. The van der Waals surface area contributed by atoms with Crippen LogP contribution in [0.2, 0.25) is 0 Å². The van der Waals surface area contributed by atoms with Crippen LogP contribution in [0.25, 0.3) is 0 Å². The largest absolute Gasteiger partial charge is 0.492 e. The molecule has 1 aromatic carbocycles. The minimum atomic E-state index is -3.72. The van der Waals surface area contributed by atoms with Crippen molar-refractivity contribution in [1.82, 2.24) is 9.62 Å². The van der Waals surface area contributed by atoms with Crippen molar-refractivity contribution in [3.8, 4) is 5.75 Å². The number of carbonyl (C=O) groups is 1. The molecule has 0 saturated carbocycles. The normalized spacial score (nSPS) is 15.3. The molecule has 2 rings (SSSR count). The van der Waals surface area contributed by atoms with Gasteiger partial charge in [-0.2, -0.15) is 0 Å². The highest BCUT2D eigenvalue weighted by Crippen LogP contribution is 2.28. The highest BCUT2D eigenvalue weighted by atomic mass is 32.2. The van der Waals surface area contributed by atoms with Crippen molar-refractivity contribution in [3.63, 3.8) is 0 Å². The fourth-order valence-corrected chi connectivity index (χ4v) is 3.63. The Morgan fingerprint density at radius 2 is 1.96 bits per heavy atom. The summed E-state index contributed by atoms with van der Waals surface area (Å²) in [5.74, 6) is 0.373. The summed E-state index contributed by atoms with van der Waals surface area (Å²) in [5, 5.41) is 2.52. The summed E-state index contributed by atoms with van der Waals surface area (Å²) < 4.78 is 43.3. The van der Waals surface area contributed by atoms with Crippen LogP contribution in [0.15, 0.2) is 23.1 Å². The highest BCUT2D eigenvalue weighted by molar-refractivity contribution is 7.89. The highest BCUT2D eigenvalue weighted by Gasteiger charge is 2.19. The van der Waals surface area contributed by atoms with E-state index in [2.05, 4.69) is 14.9 Å². The van der Waals surface area contributed by atoms with E-state index in [1.54, 1.807) is 13.8 Å². The van der Waals surface area contributed by atoms with Crippen LogP contribution in [0, 0.1) is 0 Å². The lowest BCUT2D eigenvalue weighted by atomic mass is 10.3. The molecule has 1 amide bonds. The van der Waals surface area contributed by atoms with Gasteiger partial charge in [0.2, 0.25) is 10.0 Å². The van der Waals surface area contributed by atoms with Crippen LogP contribution in [0.4, 0.5) is 10.5 Å². The first-order valence-electron chi connectivity index (χ1n) is 8.96. The van der Waals surface area contributed by atoms with Crippen molar-refractivity contribution in [1.29, 1.82) is 0 Å². The molecule has 0 bridgehead atoms. The third kappa shape index (κ3) is 6.65. The van der Waals surface area contributed by atoms with Gasteiger partial charge in [-0.05, 0) is 32.0 Å². The van der Waals surface area contributed by atoms with Gasteiger partial charge in [0.15, 0.2) is 0 Å². The summed E-state index contributed by atoms with van der Waals surface area (Å²) >= 11 is 0. The van der Waals surface area contributed by atoms with Crippen molar-refractivity contribution in [2.75, 3.05) is 57.9 Å². The van der Waals surface area contributed by atoms with E-state index in [1.165, 1.54) is 18.2 Å². The minimum Gasteiger partial charge on any atom is -0.492 e. The number of benzene rings is 1. The fraction of sp³-hybridized carbons (Fsp3) is 0.588. The first kappa shape index (κ1) is 21.4. The van der Waals surface area contributed by atoms with E-state index in [0.717, 1.165) is 13.1 Å². The monoisotopic (exact) mass is 401 g/mol. The van der Waals surface area contributed by atoms with Crippen LogP contribution in [0.5, 0.6) is 5.75 Å². The number of ether oxygens (including phenoxy) is 3. The minimum absolute atomic E-state index is 0.0414. The lowest BCUT2D eigenvalue weighted by molar-refractivity contribution is 0.0390. The SMILES string of the molecule is CCOC(=O)Nc1cc(S(=O)(=O)NCCN2CCOCC2)ccc1OCC. The number of anilines is 1. The molecule has 1 aliphatic heterocycles. The smallest absolute Gasteiger partial charge is 0.411 e. The number of hydrogen-bond donors (Lipinski definition) is 2. The van der Waals surface area contributed by atoms with Crippen molar-refractivity contribution < 1.29 is 27.4 Å². The van der Waals surface area contributed by atoms with Crippen LogP contribution in [-0.4, -0.2) is 72.0 Å². The Balaban J connectivity index is 2.06. The molecule has 0 aromatic heterocycles. The summed E-state index contributed by atoms with van der Waals surface area (Å²) in [6, 6.07) is 4.32. The molecule has 0 radical (unpaired) electrons. The molecule has 27 heavy (non-hydrogen) atoms. The maximum absolute atomic E-state index is 12.6. The molecule has 0 atom stereocenters. The molecule has 9 nitrogen and oxygen atoms in total. The zero-order chi connectivity index (χ0) is 19.7. The van der Waals surface area contributed by atoms with Gasteiger partial charge in [0.25, 0.3) is 0 Å². The average Bonchev–Trinajstić information content (AvgIpc) is 2.64. The van der Waals surface area contributed by atoms with Gasteiger partial charge in [-0.25, -0.2) is 17.9 Å². The third-order valence-electron chi connectivity index (χ3n) is 3.90. The van der Waals surface area contributed by atoms with E-state index in [4.69, 9.17) is 14.2 Å². The summed E-state index contributed by atoms with van der Waals surface area (Å²) in [7, 11) is -3.72. The van der Waals surface area contributed by atoms with E-state index in [-0.39, 0.29) is 23.7 Å². The van der Waals surface area contributed by atoms with E-state index < -0.39 is 16.1 Å². The fourth-order valence-electron chi connectivity index (χ4n) is 2.58. The van der Waals surface area contributed by atoms with Gasteiger partial charge < -0.3 is 14.2 Å². The molecular weight excluding hydrogens is 374 g/mol. The molecule has 0 spiro atoms. The quantitative estimate of drug-likeness (QED) is 0.642. The van der Waals surface area contributed by atoms with Crippen LogP contribution < -0.4 is 14.8 Å². The Labute approximate surface area is 160 Å². The van der Waals surface area contributed by atoms with Gasteiger partial charge in [-0.3, -0.25) is 10.2 Å². The number of hydrogen-bond acceptors (Lipinski definition) is 7. The summed E-state index contributed by atoms with van der Waals surface area (Å²) in [6.45, 7) is 7.86. The molecule has 1 aromatic rings. The topological polar surface area (TPSA) is 106 Å². The Bertz CT molecular complexity index is 719. The predicted molar refractivity (Wildman–Crippen MR) is 101 cm³/mol. The molecule has 0 aliphatic carbocycles. The summed E-state index contributed by atoms with van der Waals surface area (Å²) in [5.41, 5.74) is 0.242. The van der Waals surface area contributed by atoms with Crippen LogP contribution in [0.3, 0.4) is 0 Å². The summed E-state index contributed by atoms with van der Waals surface area (Å²) in [6.07, 6.45) is -0.673. The van der Waals surface area contributed by atoms with Crippen molar-refractivity contribution in [2.45, 2.75) is 18.7 Å². The van der Waals surface area contributed by atoms with Crippen LogP contribution in [-0.2, 0) is 19.5 Å². The van der Waals surface area contributed by atoms with E-state index in [0.29, 0.717) is 32.1 Å². The first-order valence-corrected chi connectivity index (χ1v) is 10.4. The van der Waals surface area contributed by atoms with Crippen molar-refractivity contribution in [3.05, 3.63) is 18.2 Å². The maximum Gasteiger partial charge on any atom is 0.411 e. The predicted octanol–water partition coefficient (Wildman–Crippen LogP) is 1.26. The number of nitrogens with one attached hydrogen (secondary N) is 2. The van der Waals surface area contributed by atoms with Gasteiger partial charge in [0, 0.05) is 26.2 Å². The Morgan fingerprint density at radius 3 is 2.63 bits per heavy atom. The number of carbonyl (C=O) groups excluding carboxylic acids is 1. The number of morpholine rings is 1. The van der Waals surface area contributed by atoms with Gasteiger partial charge in [0.1, 0.15) is 5.75 Å². The van der Waals surface area contributed by atoms with Crippen LogP contribution >= 0.6 is 0 Å². The molecule has 2 N–H and O–H groups in total. The lowest BCUT2D eigenvalue weighted by Gasteiger charge is -2.26. The Kier molecular flexibility index (Phi) is 8.29. The molecule has 1 saturated heterocycles. The maximum atomic E-state index is 12.6. The zero-order valence-corrected chi connectivity index (χ0v) is 16.5.